The molecule has 0 spiro atoms. The monoisotopic (exact) mass is 434 g/mol. The molecule has 0 aliphatic heterocycles. The van der Waals surface area contributed by atoms with E-state index in [0.717, 1.165) is 11.1 Å². The third-order valence-electron chi connectivity index (χ3n) is 4.54. The number of amides is 1. The molecule has 0 bridgehead atoms. The van der Waals surface area contributed by atoms with Crippen molar-refractivity contribution in [1.29, 1.82) is 0 Å². The van der Waals surface area contributed by atoms with Crippen molar-refractivity contribution in [1.82, 2.24) is 5.32 Å². The molecule has 0 saturated heterocycles. The Kier molecular flexibility index (Phi) is 9.62. The average molecular weight is 434 g/mol. The number of benzene rings is 3. The Bertz CT molecular complexity index is 995. The van der Waals surface area contributed by atoms with Gasteiger partial charge in [0, 0.05) is 12.0 Å². The van der Waals surface area contributed by atoms with Gasteiger partial charge in [0.25, 0.3) is 5.91 Å². The van der Waals surface area contributed by atoms with Crippen LogP contribution in [0.15, 0.2) is 91.0 Å². The Balaban J connectivity index is 0.000000258. The molecular weight excluding hydrogens is 408 g/mol. The quantitative estimate of drug-likeness (QED) is 0.431. The second kappa shape index (κ2) is 12.7. The summed E-state index contributed by atoms with van der Waals surface area (Å²) in [6.45, 7) is 0. The van der Waals surface area contributed by atoms with Crippen molar-refractivity contribution in [2.45, 2.75) is 24.9 Å². The maximum Gasteiger partial charge on any atom is 0.326 e. The summed E-state index contributed by atoms with van der Waals surface area (Å²) in [7, 11) is 0. The molecule has 0 fully saturated rings. The lowest BCUT2D eigenvalue weighted by molar-refractivity contribution is -0.139. The van der Waals surface area contributed by atoms with Crippen LogP contribution in [0.1, 0.15) is 21.5 Å². The van der Waals surface area contributed by atoms with Gasteiger partial charge in [-0.1, -0.05) is 78.9 Å². The molecule has 0 saturated carbocycles. The zero-order valence-electron chi connectivity index (χ0n) is 17.4. The second-order valence-electron chi connectivity index (χ2n) is 7.05. The fraction of sp³-hybridized carbons (Fsp3) is 0.160. The van der Waals surface area contributed by atoms with E-state index < -0.39 is 24.0 Å². The molecular formula is C25H26N2O5. The molecule has 0 heterocycles. The highest BCUT2D eigenvalue weighted by Crippen LogP contribution is 2.05. The van der Waals surface area contributed by atoms with Gasteiger partial charge in [-0.25, -0.2) is 4.79 Å². The minimum Gasteiger partial charge on any atom is -0.480 e. The van der Waals surface area contributed by atoms with Crippen molar-refractivity contribution >= 4 is 17.8 Å². The molecule has 1 amide bonds. The summed E-state index contributed by atoms with van der Waals surface area (Å²) in [6, 6.07) is 25.4. The van der Waals surface area contributed by atoms with Crippen molar-refractivity contribution in [2.24, 2.45) is 5.73 Å². The summed E-state index contributed by atoms with van der Waals surface area (Å²) in [5.41, 5.74) is 7.62. The number of carbonyl (C=O) groups is 3. The summed E-state index contributed by atoms with van der Waals surface area (Å²) in [4.78, 5) is 33.6. The third-order valence-corrected chi connectivity index (χ3v) is 4.54. The minimum atomic E-state index is -1.04. The summed E-state index contributed by atoms with van der Waals surface area (Å²) in [6.07, 6.45) is 0.644. The van der Waals surface area contributed by atoms with Crippen LogP contribution in [0.2, 0.25) is 0 Å². The van der Waals surface area contributed by atoms with Crippen LogP contribution in [-0.2, 0) is 22.4 Å². The fourth-order valence-corrected chi connectivity index (χ4v) is 2.84. The Morgan fingerprint density at radius 2 is 1.12 bits per heavy atom. The maximum atomic E-state index is 12.0. The Labute approximate surface area is 186 Å². The largest absolute Gasteiger partial charge is 0.480 e. The molecule has 0 unspecified atom stereocenters. The summed E-state index contributed by atoms with van der Waals surface area (Å²) < 4.78 is 0. The van der Waals surface area contributed by atoms with Crippen molar-refractivity contribution in [2.75, 3.05) is 0 Å². The number of hydrogen-bond donors (Lipinski definition) is 4. The molecule has 7 heteroatoms. The van der Waals surface area contributed by atoms with E-state index in [1.807, 2.05) is 60.7 Å². The standard InChI is InChI=1S/C16H15NO3.C9H11NO2/c18-15(13-9-5-2-6-10-13)17-14(16(19)20)11-12-7-3-1-4-8-12;10-8(9(11)12)6-7-4-2-1-3-5-7/h1-10,14H,11H2,(H,17,18)(H,19,20);1-5,8H,6,10H2,(H,11,12)/t14-;8-/m10/s1. The zero-order chi connectivity index (χ0) is 23.3. The SMILES string of the molecule is N[C@@H](Cc1ccccc1)C(=O)O.O=C(N[C@H](Cc1ccccc1)C(=O)O)c1ccccc1. The van der Waals surface area contributed by atoms with Gasteiger partial charge in [-0.3, -0.25) is 9.59 Å². The van der Waals surface area contributed by atoms with Gasteiger partial charge in [0.2, 0.25) is 0 Å². The van der Waals surface area contributed by atoms with E-state index in [4.69, 9.17) is 10.8 Å². The molecule has 32 heavy (non-hydrogen) atoms. The zero-order valence-corrected chi connectivity index (χ0v) is 17.4. The molecule has 3 rings (SSSR count). The third kappa shape index (κ3) is 8.41. The lowest BCUT2D eigenvalue weighted by atomic mass is 10.1. The molecule has 0 radical (unpaired) electrons. The van der Waals surface area contributed by atoms with E-state index in [0.29, 0.717) is 12.0 Å². The summed E-state index contributed by atoms with van der Waals surface area (Å²) in [5, 5.41) is 20.3. The van der Waals surface area contributed by atoms with Crippen LogP contribution in [-0.4, -0.2) is 40.1 Å². The maximum absolute atomic E-state index is 12.0. The van der Waals surface area contributed by atoms with E-state index in [2.05, 4.69) is 5.32 Å². The van der Waals surface area contributed by atoms with Crippen molar-refractivity contribution in [3.63, 3.8) is 0 Å². The molecule has 5 N–H and O–H groups in total. The van der Waals surface area contributed by atoms with Crippen molar-refractivity contribution in [3.05, 3.63) is 108 Å². The number of carboxylic acids is 2. The number of aliphatic carboxylic acids is 2. The Hall–Kier alpha value is -3.97. The topological polar surface area (TPSA) is 130 Å². The normalized spacial score (nSPS) is 11.9. The first-order chi connectivity index (χ1) is 15.4. The first-order valence-electron chi connectivity index (χ1n) is 10.0. The molecule has 7 nitrogen and oxygen atoms in total. The predicted octanol–water partition coefficient (Wildman–Crippen LogP) is 2.75. The fourth-order valence-electron chi connectivity index (χ4n) is 2.84. The molecule has 3 aromatic rings. The predicted molar refractivity (Wildman–Crippen MR) is 121 cm³/mol. The van der Waals surface area contributed by atoms with Gasteiger partial charge in [-0.15, -0.1) is 0 Å². The molecule has 3 aromatic carbocycles. The number of nitrogens with two attached hydrogens (primary N) is 1. The molecule has 0 aliphatic carbocycles. The van der Waals surface area contributed by atoms with Gasteiger partial charge in [-0.2, -0.15) is 0 Å². The van der Waals surface area contributed by atoms with E-state index in [9.17, 15) is 19.5 Å². The number of carbonyl (C=O) groups excluding carboxylic acids is 1. The lowest BCUT2D eigenvalue weighted by Crippen LogP contribution is -2.42. The van der Waals surface area contributed by atoms with Gasteiger partial charge in [0.15, 0.2) is 0 Å². The van der Waals surface area contributed by atoms with Crippen molar-refractivity contribution < 1.29 is 24.6 Å². The van der Waals surface area contributed by atoms with Gasteiger partial charge >= 0.3 is 11.9 Å². The van der Waals surface area contributed by atoms with E-state index in [1.54, 1.807) is 30.3 Å². The number of carboxylic acid groups (broad SMARTS) is 2. The molecule has 0 aromatic heterocycles. The highest BCUT2D eigenvalue weighted by Gasteiger charge is 2.20. The molecule has 166 valence electrons. The van der Waals surface area contributed by atoms with Crippen LogP contribution in [0.5, 0.6) is 0 Å². The number of hydrogen-bond acceptors (Lipinski definition) is 4. The average Bonchev–Trinajstić information content (AvgIpc) is 2.81. The van der Waals surface area contributed by atoms with Crippen LogP contribution >= 0.6 is 0 Å². The van der Waals surface area contributed by atoms with Crippen LogP contribution < -0.4 is 11.1 Å². The highest BCUT2D eigenvalue weighted by molar-refractivity contribution is 5.96. The molecule has 2 atom stereocenters. The first-order valence-corrected chi connectivity index (χ1v) is 10.0. The summed E-state index contributed by atoms with van der Waals surface area (Å²) in [5.74, 6) is -2.38. The lowest BCUT2D eigenvalue weighted by Gasteiger charge is -2.14. The molecule has 0 aliphatic rings. The van der Waals surface area contributed by atoms with E-state index in [1.165, 1.54) is 0 Å². The van der Waals surface area contributed by atoms with Gasteiger partial charge in [0.05, 0.1) is 0 Å². The highest BCUT2D eigenvalue weighted by atomic mass is 16.4. The Morgan fingerprint density at radius 3 is 1.56 bits per heavy atom. The van der Waals surface area contributed by atoms with Gasteiger partial charge in [-0.05, 0) is 29.7 Å². The van der Waals surface area contributed by atoms with Crippen LogP contribution in [0, 0.1) is 0 Å². The Morgan fingerprint density at radius 1 is 0.688 bits per heavy atom. The van der Waals surface area contributed by atoms with Gasteiger partial charge < -0.3 is 21.3 Å². The van der Waals surface area contributed by atoms with E-state index in [-0.39, 0.29) is 12.3 Å². The van der Waals surface area contributed by atoms with Crippen LogP contribution in [0.25, 0.3) is 0 Å². The number of nitrogens with one attached hydrogen (secondary N) is 1. The summed E-state index contributed by atoms with van der Waals surface area (Å²) >= 11 is 0. The number of rotatable bonds is 8. The second-order valence-corrected chi connectivity index (χ2v) is 7.05. The van der Waals surface area contributed by atoms with Crippen LogP contribution in [0.4, 0.5) is 0 Å². The first kappa shape index (κ1) is 24.3. The van der Waals surface area contributed by atoms with Crippen molar-refractivity contribution in [3.8, 4) is 0 Å². The van der Waals surface area contributed by atoms with E-state index >= 15 is 0 Å². The smallest absolute Gasteiger partial charge is 0.326 e. The minimum absolute atomic E-state index is 0.259. The van der Waals surface area contributed by atoms with Gasteiger partial charge in [0.1, 0.15) is 12.1 Å². The van der Waals surface area contributed by atoms with Crippen LogP contribution in [0.3, 0.4) is 0 Å².